The summed E-state index contributed by atoms with van der Waals surface area (Å²) in [6, 6.07) is 23.5. The fourth-order valence-electron chi connectivity index (χ4n) is 7.12. The number of carbonyl (C=O) groups excluding carboxylic acids is 5. The molecule has 0 radical (unpaired) electrons. The number of nitrogens with zero attached hydrogens (tertiary/aromatic N) is 4. The van der Waals surface area contributed by atoms with E-state index in [1.807, 2.05) is 19.9 Å². The van der Waals surface area contributed by atoms with E-state index in [0.717, 1.165) is 0 Å². The van der Waals surface area contributed by atoms with E-state index in [-0.39, 0.29) is 32.8 Å². The largest absolute Gasteiger partial charge is 0.478 e. The quantitative estimate of drug-likeness (QED) is 0.251. The minimum absolute atomic E-state index is 0.0305. The van der Waals surface area contributed by atoms with Crippen molar-refractivity contribution in [1.82, 2.24) is 0 Å². The van der Waals surface area contributed by atoms with Gasteiger partial charge in [-0.3, -0.25) is 24.0 Å². The van der Waals surface area contributed by atoms with E-state index >= 15 is 0 Å². The summed E-state index contributed by atoms with van der Waals surface area (Å²) in [6.45, 7) is 4.47. The zero-order valence-electron chi connectivity index (χ0n) is 28.0. The molecule has 7 rings (SSSR count). The second-order valence-electron chi connectivity index (χ2n) is 12.1. The molecule has 1 spiro atoms. The number of amides is 4. The lowest BCUT2D eigenvalue weighted by atomic mass is 9.71. The van der Waals surface area contributed by atoms with Gasteiger partial charge in [-0.1, -0.05) is 71.7 Å². The highest BCUT2D eigenvalue weighted by Crippen LogP contribution is 2.50. The lowest BCUT2D eigenvalue weighted by molar-refractivity contribution is -0.132. The Morgan fingerprint density at radius 2 is 1.35 bits per heavy atom. The van der Waals surface area contributed by atoms with Crippen LogP contribution in [0.25, 0.3) is 0 Å². The van der Waals surface area contributed by atoms with E-state index in [4.69, 9.17) is 23.2 Å². The van der Waals surface area contributed by atoms with Gasteiger partial charge in [0.2, 0.25) is 17.2 Å². The maximum Gasteiger partial charge on any atom is 0.339 e. The fourth-order valence-corrected chi connectivity index (χ4v) is 7.63. The van der Waals surface area contributed by atoms with Crippen molar-refractivity contribution in [3.63, 3.8) is 0 Å². The first kappa shape index (κ1) is 35.3. The number of hydrogen-bond donors (Lipinski definition) is 1. The molecule has 11 nitrogen and oxygen atoms in total. The first-order valence-corrected chi connectivity index (χ1v) is 16.8. The summed E-state index contributed by atoms with van der Waals surface area (Å²) in [5.74, 6) is -4.66. The molecule has 0 saturated heterocycles. The highest BCUT2D eigenvalue weighted by atomic mass is 35.5. The van der Waals surface area contributed by atoms with E-state index in [1.165, 1.54) is 33.9 Å². The Hall–Kier alpha value is -5.52. The predicted molar refractivity (Wildman–Crippen MR) is 194 cm³/mol. The van der Waals surface area contributed by atoms with E-state index in [2.05, 4.69) is 0 Å². The number of carboxylic acids is 1. The zero-order valence-corrected chi connectivity index (χ0v) is 29.5. The lowest BCUT2D eigenvalue weighted by Crippen LogP contribution is -2.59. The molecule has 2 atom stereocenters. The first-order valence-electron chi connectivity index (χ1n) is 16.1. The summed E-state index contributed by atoms with van der Waals surface area (Å²) < 4.78 is 0. The Kier molecular flexibility index (Phi) is 9.22. The molecule has 0 fully saturated rings. The molecule has 51 heavy (non-hydrogen) atoms. The van der Waals surface area contributed by atoms with Crippen LogP contribution < -0.4 is 19.6 Å². The summed E-state index contributed by atoms with van der Waals surface area (Å²) in [5, 5.41) is 9.70. The molecule has 4 aromatic carbocycles. The summed E-state index contributed by atoms with van der Waals surface area (Å²) in [6.07, 6.45) is 0. The van der Waals surface area contributed by atoms with Crippen molar-refractivity contribution in [3.8, 4) is 0 Å². The maximum absolute atomic E-state index is 13.5. The number of likely N-dealkylation sites (N-methyl/N-ethyl adjacent to an activating group) is 4. The number of hydrogen-bond acceptors (Lipinski definition) is 6. The van der Waals surface area contributed by atoms with Crippen molar-refractivity contribution in [3.05, 3.63) is 117 Å². The Bertz CT molecular complexity index is 2170. The topological polar surface area (TPSA) is 136 Å². The van der Waals surface area contributed by atoms with Gasteiger partial charge in [-0.25, -0.2) is 4.79 Å². The Morgan fingerprint density at radius 1 is 0.765 bits per heavy atom. The van der Waals surface area contributed by atoms with Crippen LogP contribution in [-0.2, 0) is 24.6 Å². The van der Waals surface area contributed by atoms with Gasteiger partial charge < -0.3 is 24.7 Å². The van der Waals surface area contributed by atoms with Crippen molar-refractivity contribution in [2.45, 2.75) is 25.2 Å². The Morgan fingerprint density at radius 3 is 2.02 bits per heavy atom. The van der Waals surface area contributed by atoms with E-state index < -0.39 is 40.8 Å². The van der Waals surface area contributed by atoms with Crippen LogP contribution in [0.15, 0.2) is 84.9 Å². The number of carbonyl (C=O) groups is 6. The van der Waals surface area contributed by atoms with Gasteiger partial charge in [0.05, 0.1) is 27.0 Å². The molecule has 13 heteroatoms. The van der Waals surface area contributed by atoms with Gasteiger partial charge in [-0.15, -0.1) is 0 Å². The van der Waals surface area contributed by atoms with Crippen LogP contribution in [0.2, 0.25) is 10.0 Å². The summed E-state index contributed by atoms with van der Waals surface area (Å²) >= 11 is 12.3. The summed E-state index contributed by atoms with van der Waals surface area (Å²) in [5.41, 5.74) is 1.08. The minimum atomic E-state index is -1.89. The molecular formula is C38H32Cl2N4O7. The monoisotopic (exact) mass is 726 g/mol. The van der Waals surface area contributed by atoms with Gasteiger partial charge in [-0.05, 0) is 55.8 Å². The number of para-hydroxylation sites is 2. The number of Topliss-reactive ketones (excluding diaryl/α,β-unsaturated/α-hetero) is 1. The minimum Gasteiger partial charge on any atom is -0.478 e. The van der Waals surface area contributed by atoms with E-state index in [0.29, 0.717) is 41.3 Å². The predicted octanol–water partition coefficient (Wildman–Crippen LogP) is 5.95. The standard InChI is InChI=1S/C19H17ClN2O4.C19H15ClN2O3/c1-3-22-13-9-5-4-7-11(13)15(18(22)24)17(23)21(2)14-10-6-8-12(20)16(14)19(25)26;1-3-22-13-9-5-4-7-11(13)19(18(22)25)16(23)15-12(20)8-6-10-14(15)21(2)17(19)24/h4-10,15H,3H2,1-2H3,(H,25,26);4-10H,3H2,1-2H3. The molecule has 0 saturated carbocycles. The molecule has 0 aliphatic carbocycles. The third kappa shape index (κ3) is 5.18. The molecule has 260 valence electrons. The molecule has 4 amide bonds. The van der Waals surface area contributed by atoms with Gasteiger partial charge in [0.15, 0.2) is 5.78 Å². The smallest absolute Gasteiger partial charge is 0.339 e. The van der Waals surface area contributed by atoms with E-state index in [1.54, 1.807) is 78.7 Å². The molecule has 3 heterocycles. The first-order chi connectivity index (χ1) is 24.3. The molecule has 3 aliphatic heterocycles. The van der Waals surface area contributed by atoms with E-state index in [9.17, 15) is 33.9 Å². The number of anilines is 4. The number of fused-ring (bicyclic) bond motifs is 4. The molecule has 1 N–H and O–H groups in total. The van der Waals surface area contributed by atoms with Crippen LogP contribution in [0.3, 0.4) is 0 Å². The van der Waals surface area contributed by atoms with Gasteiger partial charge in [0.25, 0.3) is 11.8 Å². The highest BCUT2D eigenvalue weighted by Gasteiger charge is 2.65. The van der Waals surface area contributed by atoms with Crippen LogP contribution >= 0.6 is 23.2 Å². The number of benzene rings is 4. The van der Waals surface area contributed by atoms with Gasteiger partial charge >= 0.3 is 5.97 Å². The van der Waals surface area contributed by atoms with Crippen LogP contribution in [0.4, 0.5) is 22.7 Å². The number of carboxylic acid groups (broad SMARTS) is 1. The van der Waals surface area contributed by atoms with Crippen LogP contribution in [-0.4, -0.2) is 67.7 Å². The second-order valence-corrected chi connectivity index (χ2v) is 12.9. The zero-order chi connectivity index (χ0) is 36.9. The Balaban J connectivity index is 0.000000176. The molecule has 0 bridgehead atoms. The lowest BCUT2D eigenvalue weighted by Gasteiger charge is -2.36. The Labute approximate surface area is 303 Å². The maximum atomic E-state index is 13.5. The van der Waals surface area contributed by atoms with Crippen LogP contribution in [0.5, 0.6) is 0 Å². The fraction of sp³-hybridized carbons (Fsp3) is 0.211. The summed E-state index contributed by atoms with van der Waals surface area (Å²) in [7, 11) is 3.01. The van der Waals surface area contributed by atoms with Gasteiger partial charge in [-0.2, -0.15) is 0 Å². The third-order valence-corrected chi connectivity index (χ3v) is 10.2. The average molecular weight is 728 g/mol. The van der Waals surface area contributed by atoms with Gasteiger partial charge in [0.1, 0.15) is 11.5 Å². The van der Waals surface area contributed by atoms with Crippen molar-refractivity contribution in [2.75, 3.05) is 46.8 Å². The molecule has 2 unspecified atom stereocenters. The second kappa shape index (κ2) is 13.3. The molecule has 4 aromatic rings. The molecular weight excluding hydrogens is 695 g/mol. The molecule has 3 aliphatic rings. The van der Waals surface area contributed by atoms with Crippen molar-refractivity contribution < 1.29 is 33.9 Å². The van der Waals surface area contributed by atoms with Crippen molar-refractivity contribution in [2.24, 2.45) is 0 Å². The van der Waals surface area contributed by atoms with Crippen LogP contribution in [0, 0.1) is 0 Å². The highest BCUT2D eigenvalue weighted by molar-refractivity contribution is 6.47. The average Bonchev–Trinajstić information content (AvgIpc) is 3.55. The van der Waals surface area contributed by atoms with Crippen LogP contribution in [0.1, 0.15) is 51.6 Å². The number of ketones is 1. The number of halogens is 2. The number of aromatic carboxylic acids is 1. The van der Waals surface area contributed by atoms with Crippen molar-refractivity contribution in [1.29, 1.82) is 0 Å². The molecule has 0 aromatic heterocycles. The normalized spacial score (nSPS) is 18.7. The third-order valence-electron chi connectivity index (χ3n) is 9.54. The SMILES string of the molecule is CCN1C(=O)C(C(=O)N(C)c2cccc(Cl)c2C(=O)O)c2ccccc21.CCN1C(=O)C2(C(=O)c3c(Cl)cccc3N(C)C2=O)c2ccccc21. The summed E-state index contributed by atoms with van der Waals surface area (Å²) in [4.78, 5) is 83.1. The van der Waals surface area contributed by atoms with Crippen molar-refractivity contribution >= 4 is 81.3 Å². The number of rotatable bonds is 5. The van der Waals surface area contributed by atoms with Gasteiger partial charge in [0, 0.05) is 44.1 Å².